The number of aliphatic hydroxyl groups is 1. The van der Waals surface area contributed by atoms with Crippen LogP contribution in [0.15, 0.2) is 24.3 Å². The lowest BCUT2D eigenvalue weighted by Gasteiger charge is -2.31. The molecule has 2 N–H and O–H groups in total. The average Bonchev–Trinajstić information content (AvgIpc) is 2.39. The Hall–Kier alpha value is -1.42. The number of amides is 1. The minimum absolute atomic E-state index is 0.120. The van der Waals surface area contributed by atoms with Crippen LogP contribution in [0, 0.1) is 5.82 Å². The van der Waals surface area contributed by atoms with Crippen molar-refractivity contribution in [1.82, 2.24) is 5.32 Å². The van der Waals surface area contributed by atoms with Gasteiger partial charge in [-0.1, -0.05) is 31.4 Å². The van der Waals surface area contributed by atoms with Crippen molar-refractivity contribution < 1.29 is 14.3 Å². The Morgan fingerprint density at radius 3 is 2.75 bits per heavy atom. The summed E-state index contributed by atoms with van der Waals surface area (Å²) in [6.07, 6.45) is 5.33. The normalized spacial score (nSPS) is 17.7. The third-order valence-electron chi connectivity index (χ3n) is 3.90. The summed E-state index contributed by atoms with van der Waals surface area (Å²) in [6.45, 7) is 0.471. The third kappa shape index (κ3) is 4.60. The minimum Gasteiger partial charge on any atom is -0.389 e. The van der Waals surface area contributed by atoms with E-state index in [-0.39, 0.29) is 18.1 Å². The zero-order valence-electron chi connectivity index (χ0n) is 11.7. The Labute approximate surface area is 119 Å². The average molecular weight is 279 g/mol. The SMILES string of the molecule is O=C(CC1(O)CCCCC1)NCCc1cccc(F)c1. The van der Waals surface area contributed by atoms with Gasteiger partial charge in [-0.2, -0.15) is 0 Å². The van der Waals surface area contributed by atoms with E-state index < -0.39 is 5.60 Å². The first kappa shape index (κ1) is 15.0. The Morgan fingerprint density at radius 2 is 2.05 bits per heavy atom. The van der Waals surface area contributed by atoms with Gasteiger partial charge in [0.25, 0.3) is 0 Å². The largest absolute Gasteiger partial charge is 0.389 e. The smallest absolute Gasteiger partial charge is 0.222 e. The predicted molar refractivity (Wildman–Crippen MR) is 75.8 cm³/mol. The van der Waals surface area contributed by atoms with Gasteiger partial charge in [-0.15, -0.1) is 0 Å². The van der Waals surface area contributed by atoms with E-state index in [4.69, 9.17) is 0 Å². The van der Waals surface area contributed by atoms with Crippen LogP contribution in [0.5, 0.6) is 0 Å². The molecule has 0 heterocycles. The van der Waals surface area contributed by atoms with Crippen LogP contribution in [0.4, 0.5) is 4.39 Å². The second-order valence-electron chi connectivity index (χ2n) is 5.69. The quantitative estimate of drug-likeness (QED) is 0.870. The number of halogens is 1. The highest BCUT2D eigenvalue weighted by molar-refractivity contribution is 5.77. The summed E-state index contributed by atoms with van der Waals surface area (Å²) in [4.78, 5) is 11.8. The Morgan fingerprint density at radius 1 is 1.30 bits per heavy atom. The first-order chi connectivity index (χ1) is 9.57. The van der Waals surface area contributed by atoms with E-state index >= 15 is 0 Å². The van der Waals surface area contributed by atoms with Crippen molar-refractivity contribution in [2.24, 2.45) is 0 Å². The van der Waals surface area contributed by atoms with Crippen molar-refractivity contribution in [3.05, 3.63) is 35.6 Å². The molecule has 1 aliphatic carbocycles. The van der Waals surface area contributed by atoms with Crippen LogP contribution < -0.4 is 5.32 Å². The molecule has 0 saturated heterocycles. The Kier molecular flexibility index (Phi) is 5.12. The van der Waals surface area contributed by atoms with Gasteiger partial charge in [0.05, 0.1) is 12.0 Å². The Balaban J connectivity index is 1.72. The minimum atomic E-state index is -0.818. The van der Waals surface area contributed by atoms with E-state index in [0.717, 1.165) is 24.8 Å². The molecule has 0 spiro atoms. The van der Waals surface area contributed by atoms with Gasteiger partial charge in [-0.25, -0.2) is 4.39 Å². The molecular formula is C16H22FNO2. The summed E-state index contributed by atoms with van der Waals surface area (Å²) in [5.74, 6) is -0.379. The zero-order chi connectivity index (χ0) is 14.4. The summed E-state index contributed by atoms with van der Waals surface area (Å²) in [5.41, 5.74) is 0.0444. The fraction of sp³-hybridized carbons (Fsp3) is 0.562. The molecule has 1 aromatic carbocycles. The van der Waals surface area contributed by atoms with Crippen molar-refractivity contribution in [2.75, 3.05) is 6.54 Å². The third-order valence-corrected chi connectivity index (χ3v) is 3.90. The van der Waals surface area contributed by atoms with E-state index in [1.54, 1.807) is 6.07 Å². The van der Waals surface area contributed by atoms with Crippen LogP contribution in [0.3, 0.4) is 0 Å². The van der Waals surface area contributed by atoms with Crippen LogP contribution in [-0.2, 0) is 11.2 Å². The van der Waals surface area contributed by atoms with Crippen LogP contribution in [0.25, 0.3) is 0 Å². The zero-order valence-corrected chi connectivity index (χ0v) is 11.7. The van der Waals surface area contributed by atoms with Gasteiger partial charge >= 0.3 is 0 Å². The van der Waals surface area contributed by atoms with Crippen molar-refractivity contribution in [3.63, 3.8) is 0 Å². The topological polar surface area (TPSA) is 49.3 Å². The summed E-state index contributed by atoms with van der Waals surface area (Å²) in [6, 6.07) is 6.38. The molecule has 110 valence electrons. The first-order valence-electron chi connectivity index (χ1n) is 7.31. The molecule has 20 heavy (non-hydrogen) atoms. The molecule has 0 radical (unpaired) electrons. The first-order valence-corrected chi connectivity index (χ1v) is 7.31. The summed E-state index contributed by atoms with van der Waals surface area (Å²) >= 11 is 0. The van der Waals surface area contributed by atoms with Crippen LogP contribution >= 0.6 is 0 Å². The molecule has 1 aromatic rings. The lowest BCUT2D eigenvalue weighted by Crippen LogP contribution is -2.38. The number of hydrogen-bond acceptors (Lipinski definition) is 2. The molecule has 0 atom stereocenters. The monoisotopic (exact) mass is 279 g/mol. The van der Waals surface area contributed by atoms with Crippen molar-refractivity contribution >= 4 is 5.91 Å². The molecule has 3 nitrogen and oxygen atoms in total. The van der Waals surface area contributed by atoms with Crippen LogP contribution in [0.1, 0.15) is 44.1 Å². The van der Waals surface area contributed by atoms with E-state index in [1.807, 2.05) is 6.07 Å². The highest BCUT2D eigenvalue weighted by atomic mass is 19.1. The molecule has 2 rings (SSSR count). The van der Waals surface area contributed by atoms with Crippen molar-refractivity contribution in [1.29, 1.82) is 0 Å². The van der Waals surface area contributed by atoms with E-state index in [0.29, 0.717) is 25.8 Å². The number of carbonyl (C=O) groups is 1. The summed E-state index contributed by atoms with van der Waals surface area (Å²) in [7, 11) is 0. The fourth-order valence-electron chi connectivity index (χ4n) is 2.79. The predicted octanol–water partition coefficient (Wildman–Crippen LogP) is 2.57. The molecule has 1 amide bonds. The van der Waals surface area contributed by atoms with Gasteiger partial charge in [0.2, 0.25) is 5.91 Å². The highest BCUT2D eigenvalue weighted by Gasteiger charge is 2.31. The Bertz CT molecular complexity index is 456. The number of benzene rings is 1. The van der Waals surface area contributed by atoms with E-state index in [2.05, 4.69) is 5.32 Å². The molecule has 0 bridgehead atoms. The number of nitrogens with one attached hydrogen (secondary N) is 1. The van der Waals surface area contributed by atoms with Gasteiger partial charge in [-0.3, -0.25) is 4.79 Å². The molecule has 4 heteroatoms. The number of hydrogen-bond donors (Lipinski definition) is 2. The standard InChI is InChI=1S/C16H22FNO2/c17-14-6-4-5-13(11-14)7-10-18-15(19)12-16(20)8-2-1-3-9-16/h4-6,11,20H,1-3,7-10,12H2,(H,18,19). The second-order valence-corrected chi connectivity index (χ2v) is 5.69. The van der Waals surface area contributed by atoms with Crippen LogP contribution in [-0.4, -0.2) is 23.2 Å². The van der Waals surface area contributed by atoms with E-state index in [9.17, 15) is 14.3 Å². The van der Waals surface area contributed by atoms with Crippen LogP contribution in [0.2, 0.25) is 0 Å². The molecule has 0 aromatic heterocycles. The second kappa shape index (κ2) is 6.84. The number of rotatable bonds is 5. The maximum Gasteiger partial charge on any atom is 0.222 e. The summed E-state index contributed by atoms with van der Waals surface area (Å²) < 4.78 is 13.0. The molecule has 1 saturated carbocycles. The van der Waals surface area contributed by atoms with Gasteiger partial charge in [0.1, 0.15) is 5.82 Å². The lowest BCUT2D eigenvalue weighted by molar-refractivity contribution is -0.127. The van der Waals surface area contributed by atoms with Crippen molar-refractivity contribution in [3.8, 4) is 0 Å². The molecule has 1 fully saturated rings. The lowest BCUT2D eigenvalue weighted by atomic mass is 9.82. The van der Waals surface area contributed by atoms with Gasteiger partial charge in [0, 0.05) is 6.54 Å². The van der Waals surface area contributed by atoms with Gasteiger partial charge in [-0.05, 0) is 37.0 Å². The molecule has 0 aliphatic heterocycles. The molecule has 1 aliphatic rings. The number of carbonyl (C=O) groups excluding carboxylic acids is 1. The summed E-state index contributed by atoms with van der Waals surface area (Å²) in [5, 5.41) is 13.1. The maximum absolute atomic E-state index is 13.0. The fourth-order valence-corrected chi connectivity index (χ4v) is 2.79. The van der Waals surface area contributed by atoms with Gasteiger partial charge in [0.15, 0.2) is 0 Å². The van der Waals surface area contributed by atoms with Gasteiger partial charge < -0.3 is 10.4 Å². The molecular weight excluding hydrogens is 257 g/mol. The molecule has 0 unspecified atom stereocenters. The maximum atomic E-state index is 13.0. The van der Waals surface area contributed by atoms with Crippen molar-refractivity contribution in [2.45, 2.75) is 50.5 Å². The van der Waals surface area contributed by atoms with E-state index in [1.165, 1.54) is 12.1 Å². The highest BCUT2D eigenvalue weighted by Crippen LogP contribution is 2.30.